The molecule has 152 valence electrons. The zero-order valence-electron chi connectivity index (χ0n) is 16.0. The molecule has 0 aliphatic carbocycles. The molecule has 1 heterocycles. The van der Waals surface area contributed by atoms with Gasteiger partial charge in [0, 0.05) is 34.0 Å². The maximum atomic E-state index is 11.2. The number of unbranched alkanes of at least 4 members (excludes halogenated alkanes) is 3. The zero-order chi connectivity index (χ0) is 19.7. The van der Waals surface area contributed by atoms with Gasteiger partial charge in [0.1, 0.15) is 0 Å². The molecule has 10 heteroatoms. The molecule has 0 spiro atoms. The van der Waals surface area contributed by atoms with E-state index in [1.54, 1.807) is 27.4 Å². The molecule has 27 heavy (non-hydrogen) atoms. The first-order valence-corrected chi connectivity index (χ1v) is 10.8. The van der Waals surface area contributed by atoms with Gasteiger partial charge in [0.25, 0.3) is 5.69 Å². The van der Waals surface area contributed by atoms with Crippen LogP contribution in [0.2, 0.25) is 6.04 Å². The van der Waals surface area contributed by atoms with E-state index in [9.17, 15) is 10.1 Å². The van der Waals surface area contributed by atoms with Crippen molar-refractivity contribution < 1.29 is 32.4 Å². The van der Waals surface area contributed by atoms with Crippen LogP contribution in [-0.2, 0) is 24.6 Å². The van der Waals surface area contributed by atoms with Crippen molar-refractivity contribution in [2.45, 2.75) is 38.3 Å². The Hall–Kier alpha value is -1.72. The lowest BCUT2D eigenvalue weighted by Crippen LogP contribution is -2.42. The highest BCUT2D eigenvalue weighted by atomic mass is 28.4. The highest BCUT2D eigenvalue weighted by Gasteiger charge is 2.36. The Morgan fingerprint density at radius 3 is 2.30 bits per heavy atom. The molecule has 0 fully saturated rings. The van der Waals surface area contributed by atoms with Gasteiger partial charge in [-0.05, 0) is 18.9 Å². The van der Waals surface area contributed by atoms with Gasteiger partial charge in [0.2, 0.25) is 6.79 Å². The Bertz CT molecular complexity index is 615. The first-order chi connectivity index (χ1) is 13.0. The third kappa shape index (κ3) is 5.88. The average molecular weight is 401 g/mol. The van der Waals surface area contributed by atoms with E-state index in [1.807, 2.05) is 0 Å². The summed E-state index contributed by atoms with van der Waals surface area (Å²) in [7, 11) is 2.36. The Balaban J connectivity index is 1.68. The minimum absolute atomic E-state index is 0.0146. The number of fused-ring (bicyclic) bond motifs is 1. The van der Waals surface area contributed by atoms with Crippen LogP contribution >= 0.6 is 0 Å². The van der Waals surface area contributed by atoms with Gasteiger partial charge in [-0.1, -0.05) is 12.8 Å². The summed E-state index contributed by atoms with van der Waals surface area (Å²) in [5, 5.41) is 11.2. The van der Waals surface area contributed by atoms with Crippen LogP contribution in [0, 0.1) is 10.1 Å². The molecular formula is C17H27NO8Si. The van der Waals surface area contributed by atoms with E-state index in [0.29, 0.717) is 23.7 Å². The fourth-order valence-corrected chi connectivity index (χ4v) is 4.69. The van der Waals surface area contributed by atoms with Crippen LogP contribution in [0.1, 0.15) is 31.2 Å². The average Bonchev–Trinajstić information content (AvgIpc) is 3.14. The van der Waals surface area contributed by atoms with Crippen molar-refractivity contribution >= 4 is 14.5 Å². The van der Waals surface area contributed by atoms with Crippen molar-refractivity contribution in [1.29, 1.82) is 0 Å². The maximum absolute atomic E-state index is 11.2. The minimum atomic E-state index is -2.48. The predicted molar refractivity (Wildman–Crippen MR) is 98.9 cm³/mol. The molecule has 0 saturated carbocycles. The second-order valence-corrected chi connectivity index (χ2v) is 9.19. The molecule has 0 bridgehead atoms. The number of hydrogen-bond acceptors (Lipinski definition) is 8. The maximum Gasteiger partial charge on any atom is 0.500 e. The quantitative estimate of drug-likeness (QED) is 0.215. The summed E-state index contributed by atoms with van der Waals surface area (Å²) in [4.78, 5) is 10.8. The third-order valence-electron chi connectivity index (χ3n) is 4.48. The van der Waals surface area contributed by atoms with Crippen molar-refractivity contribution in [2.75, 3.05) is 34.7 Å². The fraction of sp³-hybridized carbons (Fsp3) is 0.647. The third-order valence-corrected chi connectivity index (χ3v) is 7.31. The lowest BCUT2D eigenvalue weighted by atomic mass is 10.1. The smallest absolute Gasteiger partial charge is 0.454 e. The Morgan fingerprint density at radius 1 is 1.04 bits per heavy atom. The number of hydrogen-bond donors (Lipinski definition) is 0. The molecule has 0 amide bonds. The molecule has 1 aliphatic rings. The zero-order valence-corrected chi connectivity index (χ0v) is 17.0. The SMILES string of the molecule is CO[Si](CCCCCCOCc1cc2c(cc1[N+](=O)[O-])OCO2)(OC)OC. The lowest BCUT2D eigenvalue weighted by molar-refractivity contribution is -0.386. The molecule has 1 aliphatic heterocycles. The summed E-state index contributed by atoms with van der Waals surface area (Å²) in [6.45, 7) is 0.781. The molecular weight excluding hydrogens is 374 g/mol. The van der Waals surface area contributed by atoms with Gasteiger partial charge in [-0.15, -0.1) is 0 Å². The summed E-state index contributed by atoms with van der Waals surface area (Å²) in [5.41, 5.74) is 0.472. The van der Waals surface area contributed by atoms with Gasteiger partial charge < -0.3 is 27.5 Å². The van der Waals surface area contributed by atoms with Crippen LogP contribution in [0.3, 0.4) is 0 Å². The van der Waals surface area contributed by atoms with Gasteiger partial charge >= 0.3 is 8.80 Å². The van der Waals surface area contributed by atoms with Crippen LogP contribution in [0.4, 0.5) is 5.69 Å². The fourth-order valence-electron chi connectivity index (χ4n) is 2.90. The number of nitrogens with zero attached hydrogens (tertiary/aromatic N) is 1. The second-order valence-electron chi connectivity index (χ2n) is 6.10. The molecule has 0 unspecified atom stereocenters. The van der Waals surface area contributed by atoms with Gasteiger partial charge in [-0.3, -0.25) is 10.1 Å². The largest absolute Gasteiger partial charge is 0.500 e. The Morgan fingerprint density at radius 2 is 1.67 bits per heavy atom. The summed E-state index contributed by atoms with van der Waals surface area (Å²) >= 11 is 0. The van der Waals surface area contributed by atoms with E-state index in [0.717, 1.165) is 31.7 Å². The molecule has 2 rings (SSSR count). The summed E-state index contributed by atoms with van der Waals surface area (Å²) in [6, 6.07) is 3.78. The standard InChI is InChI=1S/C17H27NO8Si/c1-21-27(22-2,23-3)9-7-5-4-6-8-24-12-14-10-16-17(26-13-25-16)11-15(14)18(19)20/h10-11H,4-9,12-13H2,1-3H3. The van der Waals surface area contributed by atoms with Crippen molar-refractivity contribution in [3.63, 3.8) is 0 Å². The first-order valence-electron chi connectivity index (χ1n) is 8.85. The number of nitro benzene ring substituents is 1. The lowest BCUT2D eigenvalue weighted by Gasteiger charge is -2.24. The van der Waals surface area contributed by atoms with E-state index < -0.39 is 13.7 Å². The van der Waals surface area contributed by atoms with Crippen LogP contribution in [-0.4, -0.2) is 48.5 Å². The molecule has 1 aromatic carbocycles. The topological polar surface area (TPSA) is 98.5 Å². The Labute approximate surface area is 160 Å². The molecule has 0 aromatic heterocycles. The van der Waals surface area contributed by atoms with Gasteiger partial charge in [0.15, 0.2) is 11.5 Å². The Kier molecular flexibility index (Phi) is 8.45. The molecule has 9 nitrogen and oxygen atoms in total. The highest BCUT2D eigenvalue weighted by molar-refractivity contribution is 6.60. The summed E-state index contributed by atoms with van der Waals surface area (Å²) in [5.74, 6) is 0.912. The van der Waals surface area contributed by atoms with Crippen molar-refractivity contribution in [2.24, 2.45) is 0 Å². The van der Waals surface area contributed by atoms with Gasteiger partial charge in [-0.2, -0.15) is 0 Å². The summed E-state index contributed by atoms with van der Waals surface area (Å²) < 4.78 is 32.2. The molecule has 1 aromatic rings. The molecule has 0 radical (unpaired) electrons. The monoisotopic (exact) mass is 401 g/mol. The van der Waals surface area contributed by atoms with E-state index in [2.05, 4.69) is 0 Å². The van der Waals surface area contributed by atoms with Gasteiger partial charge in [0.05, 0.1) is 23.2 Å². The molecule has 0 atom stereocenters. The highest BCUT2D eigenvalue weighted by Crippen LogP contribution is 2.38. The second kappa shape index (κ2) is 10.6. The number of ether oxygens (including phenoxy) is 3. The van der Waals surface area contributed by atoms with E-state index in [-0.39, 0.29) is 19.1 Å². The molecule has 0 saturated heterocycles. The summed E-state index contributed by atoms with van der Waals surface area (Å²) in [6.07, 6.45) is 3.83. The normalized spacial score (nSPS) is 13.1. The van der Waals surface area contributed by atoms with Crippen LogP contribution in [0.25, 0.3) is 0 Å². The predicted octanol–water partition coefficient (Wildman–Crippen LogP) is 3.28. The number of benzene rings is 1. The minimum Gasteiger partial charge on any atom is -0.454 e. The van der Waals surface area contributed by atoms with Crippen LogP contribution in [0.15, 0.2) is 12.1 Å². The van der Waals surface area contributed by atoms with Crippen LogP contribution in [0.5, 0.6) is 11.5 Å². The van der Waals surface area contributed by atoms with E-state index in [1.165, 1.54) is 6.07 Å². The number of nitro groups is 1. The van der Waals surface area contributed by atoms with Crippen LogP contribution < -0.4 is 9.47 Å². The van der Waals surface area contributed by atoms with Crippen molar-refractivity contribution in [1.82, 2.24) is 0 Å². The van der Waals surface area contributed by atoms with Crippen molar-refractivity contribution in [3.8, 4) is 11.5 Å². The van der Waals surface area contributed by atoms with Crippen molar-refractivity contribution in [3.05, 3.63) is 27.8 Å². The molecule has 0 N–H and O–H groups in total. The first kappa shape index (κ1) is 21.6. The van der Waals surface area contributed by atoms with E-state index in [4.69, 9.17) is 27.5 Å². The van der Waals surface area contributed by atoms with E-state index >= 15 is 0 Å². The van der Waals surface area contributed by atoms with Gasteiger partial charge in [-0.25, -0.2) is 0 Å². The number of rotatable bonds is 13.